The van der Waals surface area contributed by atoms with E-state index in [4.69, 9.17) is 4.74 Å². The molecule has 1 unspecified atom stereocenters. The molecule has 0 amide bonds. The maximum absolute atomic E-state index is 5.67. The number of nitrogens with one attached hydrogen (secondary N) is 1. The molecule has 1 N–H and O–H groups in total. The number of pyridine rings is 1. The number of hydrogen-bond acceptors (Lipinski definition) is 3. The first-order valence-electron chi connectivity index (χ1n) is 7.30. The van der Waals surface area contributed by atoms with E-state index in [0.29, 0.717) is 6.04 Å². The van der Waals surface area contributed by atoms with Crippen LogP contribution in [0.1, 0.15) is 37.1 Å². The van der Waals surface area contributed by atoms with Gasteiger partial charge in [-0.15, -0.1) is 0 Å². The highest BCUT2D eigenvalue weighted by molar-refractivity contribution is 5.50. The van der Waals surface area contributed by atoms with Crippen molar-refractivity contribution >= 4 is 5.69 Å². The molecule has 1 heterocycles. The zero-order valence-corrected chi connectivity index (χ0v) is 11.8. The van der Waals surface area contributed by atoms with Crippen molar-refractivity contribution in [2.75, 3.05) is 11.9 Å². The second-order valence-corrected chi connectivity index (χ2v) is 5.16. The molecule has 0 saturated carbocycles. The Hall–Kier alpha value is -2.03. The van der Waals surface area contributed by atoms with Gasteiger partial charge >= 0.3 is 0 Å². The van der Waals surface area contributed by atoms with Gasteiger partial charge in [0.15, 0.2) is 0 Å². The molecule has 0 saturated heterocycles. The lowest BCUT2D eigenvalue weighted by Gasteiger charge is -2.15. The molecule has 104 valence electrons. The lowest BCUT2D eigenvalue weighted by molar-refractivity contribution is 0.317. The summed E-state index contributed by atoms with van der Waals surface area (Å²) in [6.07, 6.45) is 5.11. The maximum atomic E-state index is 5.67. The Kier molecular flexibility index (Phi) is 3.86. The Morgan fingerprint density at radius 2 is 2.25 bits per heavy atom. The second-order valence-electron chi connectivity index (χ2n) is 5.16. The van der Waals surface area contributed by atoms with E-state index in [1.54, 1.807) is 0 Å². The molecule has 20 heavy (non-hydrogen) atoms. The molecule has 1 atom stereocenters. The van der Waals surface area contributed by atoms with Gasteiger partial charge in [-0.2, -0.15) is 0 Å². The quantitative estimate of drug-likeness (QED) is 0.891. The number of ether oxygens (including phenoxy) is 1. The summed E-state index contributed by atoms with van der Waals surface area (Å²) >= 11 is 0. The van der Waals surface area contributed by atoms with Gasteiger partial charge < -0.3 is 10.1 Å². The van der Waals surface area contributed by atoms with Crippen molar-refractivity contribution in [2.45, 2.75) is 32.2 Å². The van der Waals surface area contributed by atoms with E-state index < -0.39 is 0 Å². The predicted octanol–water partition coefficient (Wildman–Crippen LogP) is 3.97. The Bertz CT molecular complexity index is 583. The van der Waals surface area contributed by atoms with Gasteiger partial charge in [0.1, 0.15) is 5.75 Å². The van der Waals surface area contributed by atoms with Crippen molar-refractivity contribution in [3.8, 4) is 5.75 Å². The normalized spacial score (nSPS) is 16.8. The van der Waals surface area contributed by atoms with E-state index >= 15 is 0 Å². The van der Waals surface area contributed by atoms with Crippen LogP contribution in [-0.2, 0) is 6.42 Å². The molecular weight excluding hydrogens is 248 g/mol. The topological polar surface area (TPSA) is 34.1 Å². The van der Waals surface area contributed by atoms with E-state index in [0.717, 1.165) is 37.3 Å². The summed E-state index contributed by atoms with van der Waals surface area (Å²) in [4.78, 5) is 4.52. The molecule has 3 heteroatoms. The second kappa shape index (κ2) is 5.95. The zero-order valence-electron chi connectivity index (χ0n) is 11.8. The van der Waals surface area contributed by atoms with E-state index in [1.807, 2.05) is 24.4 Å². The number of aryl methyl sites for hydroxylation is 1. The first-order valence-corrected chi connectivity index (χ1v) is 7.30. The van der Waals surface area contributed by atoms with Gasteiger partial charge in [-0.25, -0.2) is 0 Å². The van der Waals surface area contributed by atoms with E-state index in [-0.39, 0.29) is 0 Å². The molecule has 0 bridgehead atoms. The summed E-state index contributed by atoms with van der Waals surface area (Å²) < 4.78 is 5.67. The molecule has 0 radical (unpaired) electrons. The highest BCUT2D eigenvalue weighted by atomic mass is 16.5. The van der Waals surface area contributed by atoms with Gasteiger partial charge in [-0.05, 0) is 43.0 Å². The Balaban J connectivity index is 1.72. The molecule has 0 fully saturated rings. The minimum absolute atomic E-state index is 0.313. The molecule has 1 aliphatic carbocycles. The SMILES string of the molecule is CCCOc1cccc(NC2CCc3cccnc32)c1. The fourth-order valence-electron chi connectivity index (χ4n) is 2.65. The molecule has 1 aliphatic rings. The molecule has 0 aliphatic heterocycles. The van der Waals surface area contributed by atoms with Gasteiger partial charge in [-0.3, -0.25) is 4.98 Å². The molecule has 1 aromatic carbocycles. The molecule has 3 rings (SSSR count). The van der Waals surface area contributed by atoms with Gasteiger partial charge in [0.2, 0.25) is 0 Å². The third kappa shape index (κ3) is 2.77. The average Bonchev–Trinajstić information content (AvgIpc) is 2.89. The van der Waals surface area contributed by atoms with Crippen molar-refractivity contribution in [3.05, 3.63) is 53.9 Å². The van der Waals surface area contributed by atoms with Crippen LogP contribution in [0.4, 0.5) is 5.69 Å². The first kappa shape index (κ1) is 13.0. The number of nitrogens with zero attached hydrogens (tertiary/aromatic N) is 1. The van der Waals surface area contributed by atoms with Gasteiger partial charge in [0.25, 0.3) is 0 Å². The van der Waals surface area contributed by atoms with Gasteiger partial charge in [-0.1, -0.05) is 19.1 Å². The fourth-order valence-corrected chi connectivity index (χ4v) is 2.65. The standard InChI is InChI=1S/C17H20N2O/c1-2-11-20-15-7-3-6-14(12-15)19-16-9-8-13-5-4-10-18-17(13)16/h3-7,10,12,16,19H,2,8-9,11H2,1H3. The number of rotatable bonds is 5. The van der Waals surface area contributed by atoms with Crippen molar-refractivity contribution in [3.63, 3.8) is 0 Å². The zero-order chi connectivity index (χ0) is 13.8. The smallest absolute Gasteiger partial charge is 0.121 e. The van der Waals surface area contributed by atoms with Crippen LogP contribution in [-0.4, -0.2) is 11.6 Å². The van der Waals surface area contributed by atoms with E-state index in [1.165, 1.54) is 11.3 Å². The maximum Gasteiger partial charge on any atom is 0.121 e. The molecule has 1 aromatic heterocycles. The van der Waals surface area contributed by atoms with Crippen molar-refractivity contribution in [1.29, 1.82) is 0 Å². The third-order valence-corrected chi connectivity index (χ3v) is 3.61. The number of anilines is 1. The van der Waals surface area contributed by atoms with Crippen LogP contribution in [0, 0.1) is 0 Å². The van der Waals surface area contributed by atoms with Gasteiger partial charge in [0, 0.05) is 18.0 Å². The van der Waals surface area contributed by atoms with Crippen LogP contribution in [0.15, 0.2) is 42.6 Å². The summed E-state index contributed by atoms with van der Waals surface area (Å²) in [6, 6.07) is 12.7. The van der Waals surface area contributed by atoms with Crippen LogP contribution in [0.5, 0.6) is 5.75 Å². The Labute approximate surface area is 120 Å². The lowest BCUT2D eigenvalue weighted by Crippen LogP contribution is -2.08. The minimum Gasteiger partial charge on any atom is -0.494 e. The van der Waals surface area contributed by atoms with E-state index in [2.05, 4.69) is 35.4 Å². The predicted molar refractivity (Wildman–Crippen MR) is 81.1 cm³/mol. The van der Waals surface area contributed by atoms with Crippen LogP contribution >= 0.6 is 0 Å². The molecule has 3 nitrogen and oxygen atoms in total. The number of hydrogen-bond donors (Lipinski definition) is 1. The minimum atomic E-state index is 0.313. The van der Waals surface area contributed by atoms with Crippen LogP contribution in [0.2, 0.25) is 0 Å². The lowest BCUT2D eigenvalue weighted by atomic mass is 10.2. The van der Waals surface area contributed by atoms with Crippen molar-refractivity contribution in [2.24, 2.45) is 0 Å². The van der Waals surface area contributed by atoms with Crippen LogP contribution in [0.3, 0.4) is 0 Å². The Morgan fingerprint density at radius 3 is 3.15 bits per heavy atom. The van der Waals surface area contributed by atoms with Crippen LogP contribution in [0.25, 0.3) is 0 Å². The van der Waals surface area contributed by atoms with Gasteiger partial charge in [0.05, 0.1) is 18.3 Å². The highest BCUT2D eigenvalue weighted by Gasteiger charge is 2.23. The van der Waals surface area contributed by atoms with Crippen LogP contribution < -0.4 is 10.1 Å². The highest BCUT2D eigenvalue weighted by Crippen LogP contribution is 2.32. The van der Waals surface area contributed by atoms with Crippen molar-refractivity contribution in [1.82, 2.24) is 4.98 Å². The summed E-state index contributed by atoms with van der Waals surface area (Å²) in [5.74, 6) is 0.927. The summed E-state index contributed by atoms with van der Waals surface area (Å²) in [6.45, 7) is 2.88. The van der Waals surface area contributed by atoms with Crippen molar-refractivity contribution < 1.29 is 4.74 Å². The summed E-state index contributed by atoms with van der Waals surface area (Å²) in [5, 5.41) is 3.57. The number of aromatic nitrogens is 1. The summed E-state index contributed by atoms with van der Waals surface area (Å²) in [7, 11) is 0. The average molecular weight is 268 g/mol. The largest absolute Gasteiger partial charge is 0.494 e. The monoisotopic (exact) mass is 268 g/mol. The van der Waals surface area contributed by atoms with E-state index in [9.17, 15) is 0 Å². The number of fused-ring (bicyclic) bond motifs is 1. The molecular formula is C17H20N2O. The first-order chi connectivity index (χ1) is 9.86. The fraction of sp³-hybridized carbons (Fsp3) is 0.353. The summed E-state index contributed by atoms with van der Waals surface area (Å²) in [5.41, 5.74) is 3.65. The molecule has 0 spiro atoms. The molecule has 2 aromatic rings. The third-order valence-electron chi connectivity index (χ3n) is 3.61. The number of benzene rings is 1. The Morgan fingerprint density at radius 1 is 1.30 bits per heavy atom.